The van der Waals surface area contributed by atoms with E-state index in [1.807, 2.05) is 56.3 Å². The van der Waals surface area contributed by atoms with Crippen molar-refractivity contribution in [3.05, 3.63) is 59.4 Å². The van der Waals surface area contributed by atoms with Gasteiger partial charge in [0.05, 0.1) is 6.04 Å². The summed E-state index contributed by atoms with van der Waals surface area (Å²) in [5.41, 5.74) is 2.99. The van der Waals surface area contributed by atoms with Gasteiger partial charge in [0.25, 0.3) is 0 Å². The fourth-order valence-corrected chi connectivity index (χ4v) is 2.80. The number of hydrogen-bond donors (Lipinski definition) is 2. The Bertz CT molecular complexity index is 702. The van der Waals surface area contributed by atoms with Crippen molar-refractivity contribution in [2.45, 2.75) is 32.4 Å². The molecule has 0 radical (unpaired) electrons. The van der Waals surface area contributed by atoms with Crippen molar-refractivity contribution < 1.29 is 9.53 Å². The first kappa shape index (κ1) is 15.3. The Hall–Kier alpha value is -2.56. The van der Waals surface area contributed by atoms with E-state index in [9.17, 15) is 4.79 Å². The van der Waals surface area contributed by atoms with Gasteiger partial charge >= 0.3 is 6.03 Å². The minimum Gasteiger partial charge on any atom is -0.488 e. The molecule has 5 nitrogen and oxygen atoms in total. The molecular weight excluding hydrogens is 290 g/mol. The van der Waals surface area contributed by atoms with Crippen LogP contribution in [0.3, 0.4) is 0 Å². The third-order valence-electron chi connectivity index (χ3n) is 3.94. The van der Waals surface area contributed by atoms with Gasteiger partial charge in [0.15, 0.2) is 0 Å². The van der Waals surface area contributed by atoms with E-state index >= 15 is 0 Å². The number of urea groups is 1. The van der Waals surface area contributed by atoms with Gasteiger partial charge in [-0.15, -0.1) is 0 Å². The van der Waals surface area contributed by atoms with Crippen LogP contribution in [0.5, 0.6) is 5.75 Å². The molecule has 0 spiro atoms. The summed E-state index contributed by atoms with van der Waals surface area (Å²) < 4.78 is 5.75. The number of pyridine rings is 1. The Kier molecular flexibility index (Phi) is 4.46. The van der Waals surface area contributed by atoms with Gasteiger partial charge < -0.3 is 15.4 Å². The van der Waals surface area contributed by atoms with Gasteiger partial charge in [0.2, 0.25) is 0 Å². The number of benzene rings is 1. The lowest BCUT2D eigenvalue weighted by Gasteiger charge is -2.17. The number of carbonyl (C=O) groups is 1. The second-order valence-electron chi connectivity index (χ2n) is 5.76. The normalized spacial score (nSPS) is 18.9. The highest BCUT2D eigenvalue weighted by atomic mass is 16.5. The molecule has 2 unspecified atom stereocenters. The Morgan fingerprint density at radius 2 is 2.04 bits per heavy atom. The van der Waals surface area contributed by atoms with Crippen molar-refractivity contribution >= 4 is 6.03 Å². The summed E-state index contributed by atoms with van der Waals surface area (Å²) in [7, 11) is 0. The maximum Gasteiger partial charge on any atom is 0.315 e. The fraction of sp³-hybridized carbons (Fsp3) is 0.333. The Morgan fingerprint density at radius 1 is 1.22 bits per heavy atom. The average molecular weight is 311 g/mol. The lowest BCUT2D eigenvalue weighted by Crippen LogP contribution is -2.41. The van der Waals surface area contributed by atoms with E-state index in [0.29, 0.717) is 13.0 Å². The number of fused-ring (bicyclic) bond motifs is 1. The largest absolute Gasteiger partial charge is 0.488 e. The third-order valence-corrected chi connectivity index (χ3v) is 3.94. The van der Waals surface area contributed by atoms with Crippen LogP contribution in [-0.4, -0.2) is 23.7 Å². The third kappa shape index (κ3) is 3.62. The summed E-state index contributed by atoms with van der Waals surface area (Å²) in [6.45, 7) is 4.47. The highest BCUT2D eigenvalue weighted by molar-refractivity contribution is 5.74. The highest BCUT2D eigenvalue weighted by Gasteiger charge is 2.31. The number of aromatic nitrogens is 1. The molecule has 2 atom stereocenters. The van der Waals surface area contributed by atoms with Gasteiger partial charge in [-0.3, -0.25) is 4.98 Å². The average Bonchev–Trinajstić information content (AvgIpc) is 2.83. The molecule has 23 heavy (non-hydrogen) atoms. The number of nitrogens with zero attached hydrogens (tertiary/aromatic N) is 1. The first-order valence-corrected chi connectivity index (χ1v) is 7.86. The molecule has 5 heteroatoms. The second kappa shape index (κ2) is 6.69. The van der Waals surface area contributed by atoms with Gasteiger partial charge in [-0.1, -0.05) is 24.3 Å². The maximum atomic E-state index is 12.1. The van der Waals surface area contributed by atoms with E-state index in [0.717, 1.165) is 22.7 Å². The molecule has 3 rings (SSSR count). The molecule has 0 aliphatic carbocycles. The van der Waals surface area contributed by atoms with Gasteiger partial charge in [-0.2, -0.15) is 0 Å². The van der Waals surface area contributed by atoms with E-state index in [1.54, 1.807) is 0 Å². The van der Waals surface area contributed by atoms with Crippen molar-refractivity contribution in [1.29, 1.82) is 0 Å². The lowest BCUT2D eigenvalue weighted by atomic mass is 10.1. The SMILES string of the molecule is Cc1cccc(CCNC(=O)NC2c3ccccc3OC2C)n1. The number of para-hydroxylation sites is 1. The molecule has 2 aromatic rings. The summed E-state index contributed by atoms with van der Waals surface area (Å²) in [5, 5.41) is 5.87. The zero-order chi connectivity index (χ0) is 16.2. The van der Waals surface area contributed by atoms with Gasteiger partial charge in [-0.25, -0.2) is 4.79 Å². The monoisotopic (exact) mass is 311 g/mol. The first-order valence-electron chi connectivity index (χ1n) is 7.86. The molecule has 1 aliphatic rings. The molecule has 2 heterocycles. The summed E-state index contributed by atoms with van der Waals surface area (Å²) in [6.07, 6.45) is 0.638. The highest BCUT2D eigenvalue weighted by Crippen LogP contribution is 2.35. The number of ether oxygens (including phenoxy) is 1. The molecule has 0 bridgehead atoms. The summed E-state index contributed by atoms with van der Waals surface area (Å²) in [5.74, 6) is 0.842. The Morgan fingerprint density at radius 3 is 2.87 bits per heavy atom. The van der Waals surface area contributed by atoms with Gasteiger partial charge in [0.1, 0.15) is 11.9 Å². The fourth-order valence-electron chi connectivity index (χ4n) is 2.80. The number of amides is 2. The van der Waals surface area contributed by atoms with Crippen LogP contribution in [0.25, 0.3) is 0 Å². The number of nitrogens with one attached hydrogen (secondary N) is 2. The quantitative estimate of drug-likeness (QED) is 0.912. The minimum atomic E-state index is -0.185. The van der Waals surface area contributed by atoms with Crippen LogP contribution in [0.2, 0.25) is 0 Å². The van der Waals surface area contributed by atoms with E-state index in [4.69, 9.17) is 4.74 Å². The maximum absolute atomic E-state index is 12.1. The Labute approximate surface area is 136 Å². The van der Waals surface area contributed by atoms with Crippen LogP contribution >= 0.6 is 0 Å². The van der Waals surface area contributed by atoms with Crippen LogP contribution in [-0.2, 0) is 6.42 Å². The molecule has 0 fully saturated rings. The molecule has 1 aromatic carbocycles. The summed E-state index contributed by atoms with van der Waals surface area (Å²) >= 11 is 0. The van der Waals surface area contributed by atoms with Crippen LogP contribution in [0.15, 0.2) is 42.5 Å². The number of aryl methyl sites for hydroxylation is 1. The topological polar surface area (TPSA) is 63.2 Å². The number of hydrogen-bond acceptors (Lipinski definition) is 3. The smallest absolute Gasteiger partial charge is 0.315 e. The molecule has 0 saturated heterocycles. The summed E-state index contributed by atoms with van der Waals surface area (Å²) in [6, 6.07) is 13.4. The summed E-state index contributed by atoms with van der Waals surface area (Å²) in [4.78, 5) is 16.5. The molecule has 120 valence electrons. The van der Waals surface area contributed by atoms with Crippen molar-refractivity contribution in [2.75, 3.05) is 6.54 Å². The standard InChI is InChI=1S/C18H21N3O2/c1-12-6-5-7-14(20-12)10-11-19-18(22)21-17-13(2)23-16-9-4-3-8-15(16)17/h3-9,13,17H,10-11H2,1-2H3,(H2,19,21,22). The zero-order valence-electron chi connectivity index (χ0n) is 13.4. The predicted octanol–water partition coefficient (Wildman–Crippen LogP) is 2.75. The van der Waals surface area contributed by atoms with Crippen molar-refractivity contribution in [2.24, 2.45) is 0 Å². The van der Waals surface area contributed by atoms with Crippen molar-refractivity contribution in [1.82, 2.24) is 15.6 Å². The van der Waals surface area contributed by atoms with E-state index < -0.39 is 0 Å². The minimum absolute atomic E-state index is 0.0726. The van der Waals surface area contributed by atoms with E-state index in [1.165, 1.54) is 0 Å². The van der Waals surface area contributed by atoms with Crippen LogP contribution < -0.4 is 15.4 Å². The van der Waals surface area contributed by atoms with Gasteiger partial charge in [-0.05, 0) is 32.0 Å². The molecule has 1 aliphatic heterocycles. The Balaban J connectivity index is 1.52. The van der Waals surface area contributed by atoms with E-state index in [-0.39, 0.29) is 18.2 Å². The van der Waals surface area contributed by atoms with Crippen molar-refractivity contribution in [3.8, 4) is 5.75 Å². The lowest BCUT2D eigenvalue weighted by molar-refractivity contribution is 0.199. The second-order valence-corrected chi connectivity index (χ2v) is 5.76. The first-order chi connectivity index (χ1) is 11.1. The molecule has 0 saturated carbocycles. The van der Waals surface area contributed by atoms with Crippen molar-refractivity contribution in [3.63, 3.8) is 0 Å². The van der Waals surface area contributed by atoms with Crippen LogP contribution in [0, 0.1) is 6.92 Å². The van der Waals surface area contributed by atoms with Crippen LogP contribution in [0.1, 0.15) is 29.9 Å². The predicted molar refractivity (Wildman–Crippen MR) is 88.5 cm³/mol. The molecule has 1 aromatic heterocycles. The van der Waals surface area contributed by atoms with Gasteiger partial charge in [0, 0.05) is 29.9 Å². The van der Waals surface area contributed by atoms with Crippen LogP contribution in [0.4, 0.5) is 4.79 Å². The zero-order valence-corrected chi connectivity index (χ0v) is 13.4. The number of carbonyl (C=O) groups excluding carboxylic acids is 1. The number of rotatable bonds is 4. The molecule has 2 amide bonds. The molecular formula is C18H21N3O2. The van der Waals surface area contributed by atoms with E-state index in [2.05, 4.69) is 15.6 Å². The molecule has 2 N–H and O–H groups in total.